The molecule has 1 saturated heterocycles. The van der Waals surface area contributed by atoms with Crippen molar-refractivity contribution in [3.8, 4) is 0 Å². The van der Waals surface area contributed by atoms with Gasteiger partial charge < -0.3 is 10.4 Å². The zero-order chi connectivity index (χ0) is 13.1. The molecule has 100 valence electrons. The molecule has 1 heterocycles. The number of hydrogen-bond donors (Lipinski definition) is 2. The van der Waals surface area contributed by atoms with Gasteiger partial charge in [-0.1, -0.05) is 27.7 Å². The molecule has 0 aliphatic carbocycles. The Morgan fingerprint density at radius 2 is 2.18 bits per heavy atom. The van der Waals surface area contributed by atoms with E-state index in [1.165, 1.54) is 0 Å². The van der Waals surface area contributed by atoms with Gasteiger partial charge in [0.05, 0.1) is 5.60 Å². The minimum atomic E-state index is -0.675. The van der Waals surface area contributed by atoms with Crippen LogP contribution in [0.3, 0.4) is 0 Å². The summed E-state index contributed by atoms with van der Waals surface area (Å²) in [5.74, 6) is 2.13. The van der Waals surface area contributed by atoms with Crippen molar-refractivity contribution in [3.63, 3.8) is 0 Å². The highest BCUT2D eigenvalue weighted by molar-refractivity contribution is 7.99. The zero-order valence-electron chi connectivity index (χ0n) is 11.4. The van der Waals surface area contributed by atoms with Gasteiger partial charge in [-0.25, -0.2) is 0 Å². The molecule has 2 N–H and O–H groups in total. The van der Waals surface area contributed by atoms with E-state index in [9.17, 15) is 9.90 Å². The van der Waals surface area contributed by atoms with Gasteiger partial charge in [-0.15, -0.1) is 0 Å². The maximum absolute atomic E-state index is 11.8. The van der Waals surface area contributed by atoms with E-state index in [1.807, 2.05) is 0 Å². The van der Waals surface area contributed by atoms with E-state index in [2.05, 4.69) is 33.0 Å². The number of rotatable bonds is 4. The average Bonchev–Trinajstić information content (AvgIpc) is 2.61. The molecule has 1 aliphatic heterocycles. The topological polar surface area (TPSA) is 49.3 Å². The summed E-state index contributed by atoms with van der Waals surface area (Å²) in [6, 6.07) is 0. The summed E-state index contributed by atoms with van der Waals surface area (Å²) < 4.78 is 0. The standard InChI is InChI=1S/C13H25NO2S/c1-10(12(2,3)4)7-11(15)14-8-13(16)5-6-17-9-13/h10,16H,5-9H2,1-4H3,(H,14,15). The molecule has 0 radical (unpaired) electrons. The molecule has 2 atom stereocenters. The lowest BCUT2D eigenvalue weighted by Crippen LogP contribution is -2.43. The Morgan fingerprint density at radius 1 is 1.53 bits per heavy atom. The number of thioether (sulfide) groups is 1. The smallest absolute Gasteiger partial charge is 0.220 e. The van der Waals surface area contributed by atoms with Crippen LogP contribution < -0.4 is 5.32 Å². The molecule has 4 heteroatoms. The fourth-order valence-corrected chi connectivity index (χ4v) is 2.95. The van der Waals surface area contributed by atoms with Crippen molar-refractivity contribution in [3.05, 3.63) is 0 Å². The summed E-state index contributed by atoms with van der Waals surface area (Å²) in [6.45, 7) is 8.93. The van der Waals surface area contributed by atoms with Crippen molar-refractivity contribution in [2.24, 2.45) is 11.3 Å². The molecule has 1 fully saturated rings. The van der Waals surface area contributed by atoms with E-state index < -0.39 is 5.60 Å². The van der Waals surface area contributed by atoms with Gasteiger partial charge in [0.25, 0.3) is 0 Å². The van der Waals surface area contributed by atoms with Gasteiger partial charge >= 0.3 is 0 Å². The Balaban J connectivity index is 2.30. The van der Waals surface area contributed by atoms with Crippen molar-refractivity contribution >= 4 is 17.7 Å². The predicted molar refractivity (Wildman–Crippen MR) is 73.1 cm³/mol. The maximum atomic E-state index is 11.8. The zero-order valence-corrected chi connectivity index (χ0v) is 12.2. The summed E-state index contributed by atoms with van der Waals surface area (Å²) in [4.78, 5) is 11.8. The van der Waals surface area contributed by atoms with E-state index in [4.69, 9.17) is 0 Å². The van der Waals surface area contributed by atoms with E-state index >= 15 is 0 Å². The maximum Gasteiger partial charge on any atom is 0.220 e. The number of amides is 1. The van der Waals surface area contributed by atoms with E-state index in [0.717, 1.165) is 17.9 Å². The van der Waals surface area contributed by atoms with E-state index in [-0.39, 0.29) is 11.3 Å². The summed E-state index contributed by atoms with van der Waals surface area (Å²) in [6.07, 6.45) is 1.32. The van der Waals surface area contributed by atoms with Gasteiger partial charge in [0.15, 0.2) is 0 Å². The summed E-state index contributed by atoms with van der Waals surface area (Å²) in [5, 5.41) is 13.0. The minimum Gasteiger partial charge on any atom is -0.387 e. The van der Waals surface area contributed by atoms with Crippen LogP contribution in [0.15, 0.2) is 0 Å². The molecule has 1 rings (SSSR count). The Bertz CT molecular complexity index is 267. The Hall–Kier alpha value is -0.220. The van der Waals surface area contributed by atoms with Gasteiger partial charge in [0, 0.05) is 18.7 Å². The van der Waals surface area contributed by atoms with Crippen LogP contribution in [0, 0.1) is 11.3 Å². The Morgan fingerprint density at radius 3 is 2.65 bits per heavy atom. The van der Waals surface area contributed by atoms with E-state index in [1.54, 1.807) is 11.8 Å². The highest BCUT2D eigenvalue weighted by atomic mass is 32.2. The second kappa shape index (κ2) is 5.61. The van der Waals surface area contributed by atoms with Crippen molar-refractivity contribution in [1.29, 1.82) is 0 Å². The van der Waals surface area contributed by atoms with Gasteiger partial charge in [-0.3, -0.25) is 4.79 Å². The van der Waals surface area contributed by atoms with Crippen LogP contribution in [-0.4, -0.2) is 34.7 Å². The second-order valence-corrected chi connectivity index (χ2v) is 7.38. The monoisotopic (exact) mass is 259 g/mol. The molecular formula is C13H25NO2S. The first-order valence-electron chi connectivity index (χ1n) is 6.30. The molecule has 0 spiro atoms. The molecule has 0 aromatic carbocycles. The number of carbonyl (C=O) groups excluding carboxylic acids is 1. The van der Waals surface area contributed by atoms with Gasteiger partial charge in [-0.2, -0.15) is 11.8 Å². The third-order valence-electron chi connectivity index (χ3n) is 3.67. The molecule has 1 amide bonds. The molecular weight excluding hydrogens is 234 g/mol. The molecule has 0 bridgehead atoms. The van der Waals surface area contributed by atoms with Crippen LogP contribution in [0.2, 0.25) is 0 Å². The molecule has 0 aromatic heterocycles. The highest BCUT2D eigenvalue weighted by Gasteiger charge is 2.32. The van der Waals surface area contributed by atoms with Crippen LogP contribution in [-0.2, 0) is 4.79 Å². The molecule has 17 heavy (non-hydrogen) atoms. The summed E-state index contributed by atoms with van der Waals surface area (Å²) >= 11 is 1.75. The van der Waals surface area contributed by atoms with E-state index in [0.29, 0.717) is 18.9 Å². The molecule has 0 saturated carbocycles. The molecule has 0 aromatic rings. The first kappa shape index (κ1) is 14.8. The van der Waals surface area contributed by atoms with Gasteiger partial charge in [-0.05, 0) is 23.5 Å². The first-order valence-corrected chi connectivity index (χ1v) is 7.45. The lowest BCUT2D eigenvalue weighted by molar-refractivity contribution is -0.123. The SMILES string of the molecule is CC(CC(=O)NCC1(O)CCSC1)C(C)(C)C. The number of nitrogens with one attached hydrogen (secondary N) is 1. The molecule has 3 nitrogen and oxygen atoms in total. The van der Waals surface area contributed by atoms with Crippen molar-refractivity contribution in [2.45, 2.75) is 46.1 Å². The predicted octanol–water partition coefficient (Wildman–Crippen LogP) is 2.04. The minimum absolute atomic E-state index is 0.0535. The number of carbonyl (C=O) groups is 1. The first-order chi connectivity index (χ1) is 7.73. The van der Waals surface area contributed by atoms with Crippen molar-refractivity contribution in [2.75, 3.05) is 18.1 Å². The quantitative estimate of drug-likeness (QED) is 0.812. The highest BCUT2D eigenvalue weighted by Crippen LogP contribution is 2.29. The third-order valence-corrected chi connectivity index (χ3v) is 4.90. The summed E-state index contributed by atoms with van der Waals surface area (Å²) in [5.41, 5.74) is -0.525. The second-order valence-electron chi connectivity index (χ2n) is 6.27. The molecule has 2 unspecified atom stereocenters. The van der Waals surface area contributed by atoms with Crippen molar-refractivity contribution < 1.29 is 9.90 Å². The molecule has 1 aliphatic rings. The van der Waals surface area contributed by atoms with Crippen LogP contribution in [0.25, 0.3) is 0 Å². The van der Waals surface area contributed by atoms with Crippen molar-refractivity contribution in [1.82, 2.24) is 5.32 Å². The largest absolute Gasteiger partial charge is 0.387 e. The third kappa shape index (κ3) is 4.88. The number of hydrogen-bond acceptors (Lipinski definition) is 3. The fourth-order valence-electron chi connectivity index (χ4n) is 1.66. The van der Waals surface area contributed by atoms with Crippen LogP contribution in [0.1, 0.15) is 40.5 Å². The lowest BCUT2D eigenvalue weighted by atomic mass is 9.80. The van der Waals surface area contributed by atoms with Crippen LogP contribution >= 0.6 is 11.8 Å². The average molecular weight is 259 g/mol. The Kier molecular flexibility index (Phi) is 4.90. The normalized spacial score (nSPS) is 26.9. The summed E-state index contributed by atoms with van der Waals surface area (Å²) in [7, 11) is 0. The Labute approximate surface area is 109 Å². The van der Waals surface area contributed by atoms with Crippen LogP contribution in [0.5, 0.6) is 0 Å². The number of aliphatic hydroxyl groups is 1. The fraction of sp³-hybridized carbons (Fsp3) is 0.923. The van der Waals surface area contributed by atoms with Gasteiger partial charge in [0.2, 0.25) is 5.91 Å². The van der Waals surface area contributed by atoms with Crippen LogP contribution in [0.4, 0.5) is 0 Å². The van der Waals surface area contributed by atoms with Gasteiger partial charge in [0.1, 0.15) is 0 Å². The lowest BCUT2D eigenvalue weighted by Gasteiger charge is -2.27.